The molecule has 19 heavy (non-hydrogen) atoms. The van der Waals surface area contributed by atoms with Gasteiger partial charge in [-0.15, -0.1) is 10.2 Å². The number of anilines is 1. The summed E-state index contributed by atoms with van der Waals surface area (Å²) in [4.78, 5) is 13.2. The molecule has 0 saturated heterocycles. The smallest absolute Gasteiger partial charge is 0.264 e. The van der Waals surface area contributed by atoms with Gasteiger partial charge in [-0.1, -0.05) is 11.3 Å². The van der Waals surface area contributed by atoms with Gasteiger partial charge in [0.1, 0.15) is 15.8 Å². The first-order valence-corrected chi connectivity index (χ1v) is 6.57. The Morgan fingerprint density at radius 2 is 2.32 bits per heavy atom. The highest BCUT2D eigenvalue weighted by atomic mass is 32.1. The van der Waals surface area contributed by atoms with Crippen molar-refractivity contribution in [2.75, 3.05) is 18.6 Å². The Balaban J connectivity index is 2.03. The van der Waals surface area contributed by atoms with E-state index in [4.69, 9.17) is 10.5 Å². The molecule has 6 nitrogen and oxygen atoms in total. The van der Waals surface area contributed by atoms with Crippen LogP contribution in [-0.4, -0.2) is 29.8 Å². The highest BCUT2D eigenvalue weighted by Gasteiger charge is 2.23. The number of fused-ring (bicyclic) bond motifs is 1. The SMILES string of the molecule is CN1C(=O)COc2ccc(-c3nnc(CN)s3)cc21. The molecule has 1 aromatic carbocycles. The first kappa shape index (κ1) is 12.1. The van der Waals surface area contributed by atoms with Gasteiger partial charge in [0, 0.05) is 19.2 Å². The second-order valence-corrected chi connectivity index (χ2v) is 5.19. The maximum Gasteiger partial charge on any atom is 0.264 e. The molecule has 7 heteroatoms. The lowest BCUT2D eigenvalue weighted by molar-refractivity contribution is -0.120. The largest absolute Gasteiger partial charge is 0.482 e. The lowest BCUT2D eigenvalue weighted by atomic mass is 10.1. The van der Waals surface area contributed by atoms with Crippen molar-refractivity contribution in [3.63, 3.8) is 0 Å². The molecule has 1 aliphatic rings. The van der Waals surface area contributed by atoms with Crippen LogP contribution >= 0.6 is 11.3 Å². The molecule has 0 aliphatic carbocycles. The lowest BCUT2D eigenvalue weighted by Crippen LogP contribution is -2.35. The summed E-state index contributed by atoms with van der Waals surface area (Å²) in [5, 5.41) is 9.66. The van der Waals surface area contributed by atoms with Gasteiger partial charge in [-0.2, -0.15) is 0 Å². The molecule has 0 saturated carbocycles. The molecule has 0 atom stereocenters. The third-order valence-corrected chi connectivity index (χ3v) is 3.93. The Hall–Kier alpha value is -1.99. The number of benzene rings is 1. The van der Waals surface area contributed by atoms with Crippen LogP contribution in [0.5, 0.6) is 5.75 Å². The fraction of sp³-hybridized carbons (Fsp3) is 0.250. The molecule has 1 aliphatic heterocycles. The molecule has 0 bridgehead atoms. The number of nitrogens with two attached hydrogens (primary N) is 1. The number of hydrogen-bond donors (Lipinski definition) is 1. The van der Waals surface area contributed by atoms with Crippen LogP contribution in [0.15, 0.2) is 18.2 Å². The van der Waals surface area contributed by atoms with E-state index >= 15 is 0 Å². The van der Waals surface area contributed by atoms with Gasteiger partial charge in [0.05, 0.1) is 5.69 Å². The standard InChI is InChI=1S/C12H12N4O2S/c1-16-8-4-7(12-15-14-10(5-13)19-12)2-3-9(8)18-6-11(16)17/h2-4H,5-6,13H2,1H3. The van der Waals surface area contributed by atoms with E-state index in [2.05, 4.69) is 10.2 Å². The number of hydrogen-bond acceptors (Lipinski definition) is 6. The van der Waals surface area contributed by atoms with Crippen molar-refractivity contribution in [3.05, 3.63) is 23.2 Å². The molecular weight excluding hydrogens is 264 g/mol. The second-order valence-electron chi connectivity index (χ2n) is 4.13. The minimum atomic E-state index is -0.0652. The number of amides is 1. The van der Waals surface area contributed by atoms with Crippen molar-refractivity contribution < 1.29 is 9.53 Å². The maximum absolute atomic E-state index is 11.6. The zero-order valence-electron chi connectivity index (χ0n) is 10.3. The van der Waals surface area contributed by atoms with Gasteiger partial charge < -0.3 is 15.4 Å². The minimum absolute atomic E-state index is 0.0652. The Kier molecular flexibility index (Phi) is 2.92. The molecule has 2 N–H and O–H groups in total. The van der Waals surface area contributed by atoms with Crippen molar-refractivity contribution in [1.82, 2.24) is 10.2 Å². The molecule has 2 heterocycles. The number of ether oxygens (including phenoxy) is 1. The van der Waals surface area contributed by atoms with Gasteiger partial charge in [-0.3, -0.25) is 4.79 Å². The zero-order chi connectivity index (χ0) is 13.4. The summed E-state index contributed by atoms with van der Waals surface area (Å²) in [5.74, 6) is 0.638. The van der Waals surface area contributed by atoms with Gasteiger partial charge in [0.15, 0.2) is 6.61 Å². The van der Waals surface area contributed by atoms with Crippen LogP contribution in [0.4, 0.5) is 5.69 Å². The number of carbonyl (C=O) groups excluding carboxylic acids is 1. The number of aromatic nitrogens is 2. The summed E-state index contributed by atoms with van der Waals surface area (Å²) in [5.41, 5.74) is 7.18. The predicted molar refractivity (Wildman–Crippen MR) is 72.1 cm³/mol. The molecule has 0 fully saturated rings. The first-order chi connectivity index (χ1) is 9.19. The highest BCUT2D eigenvalue weighted by molar-refractivity contribution is 7.14. The monoisotopic (exact) mass is 276 g/mol. The number of nitrogens with zero attached hydrogens (tertiary/aromatic N) is 3. The van der Waals surface area contributed by atoms with Crippen LogP contribution in [-0.2, 0) is 11.3 Å². The minimum Gasteiger partial charge on any atom is -0.482 e. The Morgan fingerprint density at radius 1 is 1.47 bits per heavy atom. The fourth-order valence-corrected chi connectivity index (χ4v) is 2.57. The van der Waals surface area contributed by atoms with Crippen LogP contribution in [0.2, 0.25) is 0 Å². The van der Waals surface area contributed by atoms with Crippen molar-refractivity contribution in [2.24, 2.45) is 5.73 Å². The molecule has 0 spiro atoms. The summed E-state index contributed by atoms with van der Waals surface area (Å²) >= 11 is 1.45. The van der Waals surface area contributed by atoms with Crippen molar-refractivity contribution in [2.45, 2.75) is 6.54 Å². The van der Waals surface area contributed by atoms with Crippen LogP contribution in [0.1, 0.15) is 5.01 Å². The van der Waals surface area contributed by atoms with Gasteiger partial charge in [-0.05, 0) is 18.2 Å². The summed E-state index contributed by atoms with van der Waals surface area (Å²) in [6, 6.07) is 5.63. The van der Waals surface area contributed by atoms with Crippen LogP contribution in [0.25, 0.3) is 10.6 Å². The molecule has 98 valence electrons. The van der Waals surface area contributed by atoms with Gasteiger partial charge in [0.25, 0.3) is 5.91 Å². The third-order valence-electron chi connectivity index (χ3n) is 2.93. The number of likely N-dealkylation sites (N-methyl/N-ethyl adjacent to an activating group) is 1. The molecule has 0 radical (unpaired) electrons. The van der Waals surface area contributed by atoms with E-state index in [9.17, 15) is 4.79 Å². The summed E-state index contributed by atoms with van der Waals surface area (Å²) in [6.07, 6.45) is 0. The first-order valence-electron chi connectivity index (χ1n) is 5.75. The van der Waals surface area contributed by atoms with Crippen molar-refractivity contribution in [1.29, 1.82) is 0 Å². The topological polar surface area (TPSA) is 81.3 Å². The Morgan fingerprint density at radius 3 is 3.05 bits per heavy atom. The molecule has 3 rings (SSSR count). The van der Waals surface area contributed by atoms with Crippen LogP contribution in [0.3, 0.4) is 0 Å². The Bertz CT molecular complexity index is 640. The van der Waals surface area contributed by atoms with Gasteiger partial charge in [0.2, 0.25) is 0 Å². The average molecular weight is 276 g/mol. The molecule has 0 unspecified atom stereocenters. The number of rotatable bonds is 2. The predicted octanol–water partition coefficient (Wildman–Crippen LogP) is 1.02. The van der Waals surface area contributed by atoms with E-state index < -0.39 is 0 Å². The van der Waals surface area contributed by atoms with E-state index in [1.165, 1.54) is 11.3 Å². The van der Waals surface area contributed by atoms with Crippen molar-refractivity contribution in [3.8, 4) is 16.3 Å². The normalized spacial score (nSPS) is 14.2. The average Bonchev–Trinajstić information content (AvgIpc) is 2.92. The number of carbonyl (C=O) groups is 1. The summed E-state index contributed by atoms with van der Waals surface area (Å²) < 4.78 is 5.38. The zero-order valence-corrected chi connectivity index (χ0v) is 11.1. The molecule has 2 aromatic rings. The Labute approximate surface area is 113 Å². The van der Waals surface area contributed by atoms with Gasteiger partial charge in [-0.25, -0.2) is 0 Å². The fourth-order valence-electron chi connectivity index (χ4n) is 1.86. The summed E-state index contributed by atoms with van der Waals surface area (Å²) in [6.45, 7) is 0.461. The molecular formula is C12H12N4O2S. The molecule has 1 amide bonds. The van der Waals surface area contributed by atoms with E-state index in [0.717, 1.165) is 21.3 Å². The van der Waals surface area contributed by atoms with E-state index in [-0.39, 0.29) is 12.5 Å². The lowest BCUT2D eigenvalue weighted by Gasteiger charge is -2.26. The van der Waals surface area contributed by atoms with Crippen molar-refractivity contribution >= 4 is 22.9 Å². The highest BCUT2D eigenvalue weighted by Crippen LogP contribution is 2.35. The van der Waals surface area contributed by atoms with Crippen LogP contribution in [0, 0.1) is 0 Å². The third kappa shape index (κ3) is 2.06. The van der Waals surface area contributed by atoms with E-state index in [1.807, 2.05) is 18.2 Å². The van der Waals surface area contributed by atoms with Gasteiger partial charge >= 0.3 is 0 Å². The molecule has 1 aromatic heterocycles. The van der Waals surface area contributed by atoms with Crippen LogP contribution < -0.4 is 15.4 Å². The summed E-state index contributed by atoms with van der Waals surface area (Å²) in [7, 11) is 1.73. The van der Waals surface area contributed by atoms with E-state index in [1.54, 1.807) is 11.9 Å². The van der Waals surface area contributed by atoms with E-state index in [0.29, 0.717) is 12.3 Å². The maximum atomic E-state index is 11.6. The quantitative estimate of drug-likeness (QED) is 0.885. The second kappa shape index (κ2) is 4.60.